The second-order valence-corrected chi connectivity index (χ2v) is 4.51. The Hall–Kier alpha value is -1.71. The predicted molar refractivity (Wildman–Crippen MR) is 71.0 cm³/mol. The van der Waals surface area contributed by atoms with Crippen molar-refractivity contribution in [3.8, 4) is 11.5 Å². The molecule has 0 unspecified atom stereocenters. The van der Waals surface area contributed by atoms with E-state index >= 15 is 0 Å². The van der Waals surface area contributed by atoms with Gasteiger partial charge in [0.05, 0.1) is 14.2 Å². The number of benzene rings is 1. The standard InChI is InChI=1S/C14H21NO3/c1-9(2)14(16)15-8-11-7-13(18-5)12(17-4)6-10(11)3/h6-7,9H,8H2,1-5H3,(H,15,16). The summed E-state index contributed by atoms with van der Waals surface area (Å²) in [5, 5.41) is 2.89. The Kier molecular flexibility index (Phi) is 5.01. The van der Waals surface area contributed by atoms with Crippen LogP contribution in [0.1, 0.15) is 25.0 Å². The quantitative estimate of drug-likeness (QED) is 0.873. The van der Waals surface area contributed by atoms with Crippen LogP contribution in [-0.4, -0.2) is 20.1 Å². The first-order chi connectivity index (χ1) is 8.49. The van der Waals surface area contributed by atoms with E-state index in [-0.39, 0.29) is 11.8 Å². The van der Waals surface area contributed by atoms with Gasteiger partial charge in [0, 0.05) is 12.5 Å². The van der Waals surface area contributed by atoms with Crippen LogP contribution in [0.15, 0.2) is 12.1 Å². The molecule has 0 saturated heterocycles. The van der Waals surface area contributed by atoms with E-state index in [1.807, 2.05) is 32.9 Å². The van der Waals surface area contributed by atoms with Crippen molar-refractivity contribution in [2.24, 2.45) is 5.92 Å². The molecular weight excluding hydrogens is 230 g/mol. The molecule has 0 fully saturated rings. The summed E-state index contributed by atoms with van der Waals surface area (Å²) in [6, 6.07) is 3.81. The van der Waals surface area contributed by atoms with Crippen molar-refractivity contribution in [3.63, 3.8) is 0 Å². The van der Waals surface area contributed by atoms with Crippen LogP contribution in [0.3, 0.4) is 0 Å². The molecule has 4 nitrogen and oxygen atoms in total. The minimum absolute atomic E-state index is 0.00884. The number of rotatable bonds is 5. The summed E-state index contributed by atoms with van der Waals surface area (Å²) < 4.78 is 10.5. The smallest absolute Gasteiger partial charge is 0.222 e. The summed E-state index contributed by atoms with van der Waals surface area (Å²) in [5.41, 5.74) is 2.10. The first kappa shape index (κ1) is 14.4. The normalized spacial score (nSPS) is 10.3. The third-order valence-corrected chi connectivity index (χ3v) is 2.82. The molecule has 0 bridgehead atoms. The van der Waals surface area contributed by atoms with Crippen molar-refractivity contribution in [2.45, 2.75) is 27.3 Å². The highest BCUT2D eigenvalue weighted by molar-refractivity contribution is 5.77. The maximum Gasteiger partial charge on any atom is 0.222 e. The van der Waals surface area contributed by atoms with E-state index in [1.54, 1.807) is 14.2 Å². The molecule has 0 heterocycles. The molecule has 0 aliphatic rings. The van der Waals surface area contributed by atoms with E-state index in [2.05, 4.69) is 5.32 Å². The zero-order valence-electron chi connectivity index (χ0n) is 11.7. The SMILES string of the molecule is COc1cc(C)c(CNC(=O)C(C)C)cc1OC. The second kappa shape index (κ2) is 6.28. The number of carbonyl (C=O) groups is 1. The minimum atomic E-state index is -0.00884. The fourth-order valence-electron chi connectivity index (χ4n) is 1.60. The van der Waals surface area contributed by atoms with E-state index in [1.165, 1.54) is 0 Å². The van der Waals surface area contributed by atoms with Gasteiger partial charge in [-0.2, -0.15) is 0 Å². The third kappa shape index (κ3) is 3.39. The first-order valence-electron chi connectivity index (χ1n) is 5.98. The van der Waals surface area contributed by atoms with Gasteiger partial charge in [0.2, 0.25) is 5.91 Å². The minimum Gasteiger partial charge on any atom is -0.493 e. The highest BCUT2D eigenvalue weighted by atomic mass is 16.5. The number of methoxy groups -OCH3 is 2. The molecule has 0 aliphatic heterocycles. The van der Waals surface area contributed by atoms with E-state index in [0.29, 0.717) is 18.0 Å². The molecule has 1 rings (SSSR count). The lowest BCUT2D eigenvalue weighted by molar-refractivity contribution is -0.124. The van der Waals surface area contributed by atoms with Crippen molar-refractivity contribution < 1.29 is 14.3 Å². The summed E-state index contributed by atoms with van der Waals surface area (Å²) in [7, 11) is 3.21. The number of hydrogen-bond acceptors (Lipinski definition) is 3. The Labute approximate surface area is 108 Å². The monoisotopic (exact) mass is 251 g/mol. The number of hydrogen-bond donors (Lipinski definition) is 1. The molecule has 100 valence electrons. The molecule has 1 N–H and O–H groups in total. The van der Waals surface area contributed by atoms with Gasteiger partial charge < -0.3 is 14.8 Å². The molecule has 18 heavy (non-hydrogen) atoms. The largest absolute Gasteiger partial charge is 0.493 e. The molecule has 4 heteroatoms. The maximum absolute atomic E-state index is 11.5. The van der Waals surface area contributed by atoms with Crippen LogP contribution in [0.25, 0.3) is 0 Å². The van der Waals surface area contributed by atoms with Crippen molar-refractivity contribution in [1.29, 1.82) is 0 Å². The Morgan fingerprint density at radius 1 is 1.22 bits per heavy atom. The van der Waals surface area contributed by atoms with E-state index < -0.39 is 0 Å². The zero-order chi connectivity index (χ0) is 13.7. The predicted octanol–water partition coefficient (Wildman–Crippen LogP) is 2.28. The average Bonchev–Trinajstić information content (AvgIpc) is 2.36. The van der Waals surface area contributed by atoms with Crippen LogP contribution in [0.2, 0.25) is 0 Å². The van der Waals surface area contributed by atoms with Gasteiger partial charge in [-0.1, -0.05) is 13.8 Å². The Balaban J connectivity index is 2.86. The highest BCUT2D eigenvalue weighted by Crippen LogP contribution is 2.30. The van der Waals surface area contributed by atoms with Crippen molar-refractivity contribution in [2.75, 3.05) is 14.2 Å². The van der Waals surface area contributed by atoms with Crippen LogP contribution in [-0.2, 0) is 11.3 Å². The molecule has 1 aromatic rings. The summed E-state index contributed by atoms with van der Waals surface area (Å²) >= 11 is 0. The number of ether oxygens (including phenoxy) is 2. The first-order valence-corrected chi connectivity index (χ1v) is 5.98. The average molecular weight is 251 g/mol. The van der Waals surface area contributed by atoms with Crippen molar-refractivity contribution in [1.82, 2.24) is 5.32 Å². The van der Waals surface area contributed by atoms with Gasteiger partial charge >= 0.3 is 0 Å². The molecule has 0 saturated carbocycles. The van der Waals surface area contributed by atoms with Gasteiger partial charge in [-0.3, -0.25) is 4.79 Å². The lowest BCUT2D eigenvalue weighted by atomic mass is 10.1. The molecule has 0 aliphatic carbocycles. The number of carbonyl (C=O) groups excluding carboxylic acids is 1. The van der Waals surface area contributed by atoms with Gasteiger partial charge in [0.1, 0.15) is 0 Å². The van der Waals surface area contributed by atoms with Crippen LogP contribution >= 0.6 is 0 Å². The summed E-state index contributed by atoms with van der Waals surface area (Å²) in [4.78, 5) is 11.5. The Morgan fingerprint density at radius 2 is 1.78 bits per heavy atom. The summed E-state index contributed by atoms with van der Waals surface area (Å²) in [5.74, 6) is 1.42. The van der Waals surface area contributed by atoms with E-state index in [4.69, 9.17) is 9.47 Å². The molecule has 0 atom stereocenters. The molecule has 0 aromatic heterocycles. The summed E-state index contributed by atoms with van der Waals surface area (Å²) in [6.45, 7) is 6.23. The zero-order valence-corrected chi connectivity index (χ0v) is 11.7. The lowest BCUT2D eigenvalue weighted by Crippen LogP contribution is -2.27. The summed E-state index contributed by atoms with van der Waals surface area (Å²) in [6.07, 6.45) is 0. The van der Waals surface area contributed by atoms with Gasteiger partial charge in [-0.05, 0) is 30.2 Å². The topological polar surface area (TPSA) is 47.6 Å². The number of amides is 1. The number of nitrogens with one attached hydrogen (secondary N) is 1. The third-order valence-electron chi connectivity index (χ3n) is 2.82. The van der Waals surface area contributed by atoms with Gasteiger partial charge in [-0.15, -0.1) is 0 Å². The Morgan fingerprint density at radius 3 is 2.28 bits per heavy atom. The fraction of sp³-hybridized carbons (Fsp3) is 0.500. The van der Waals surface area contributed by atoms with E-state index in [9.17, 15) is 4.79 Å². The fourth-order valence-corrected chi connectivity index (χ4v) is 1.60. The van der Waals surface area contributed by atoms with Crippen LogP contribution < -0.4 is 14.8 Å². The molecule has 1 amide bonds. The highest BCUT2D eigenvalue weighted by Gasteiger charge is 2.10. The van der Waals surface area contributed by atoms with Crippen LogP contribution in [0, 0.1) is 12.8 Å². The molecule has 0 spiro atoms. The second-order valence-electron chi connectivity index (χ2n) is 4.51. The number of aryl methyl sites for hydroxylation is 1. The molecular formula is C14H21NO3. The van der Waals surface area contributed by atoms with Crippen LogP contribution in [0.5, 0.6) is 11.5 Å². The van der Waals surface area contributed by atoms with Crippen LogP contribution in [0.4, 0.5) is 0 Å². The molecule has 0 radical (unpaired) electrons. The van der Waals surface area contributed by atoms with Gasteiger partial charge in [0.25, 0.3) is 0 Å². The van der Waals surface area contributed by atoms with Gasteiger partial charge in [-0.25, -0.2) is 0 Å². The molecule has 1 aromatic carbocycles. The van der Waals surface area contributed by atoms with Crippen molar-refractivity contribution >= 4 is 5.91 Å². The van der Waals surface area contributed by atoms with Crippen molar-refractivity contribution in [3.05, 3.63) is 23.3 Å². The van der Waals surface area contributed by atoms with E-state index in [0.717, 1.165) is 11.1 Å². The maximum atomic E-state index is 11.5. The lowest BCUT2D eigenvalue weighted by Gasteiger charge is -2.14. The Bertz CT molecular complexity index is 427. The van der Waals surface area contributed by atoms with Gasteiger partial charge in [0.15, 0.2) is 11.5 Å².